The van der Waals surface area contributed by atoms with Crippen LogP contribution in [0.1, 0.15) is 53.7 Å². The number of fused-ring (bicyclic) bond motifs is 1. The summed E-state index contributed by atoms with van der Waals surface area (Å²) in [4.78, 5) is 12.6. The average molecular weight is 356 g/mol. The Balaban J connectivity index is 2.04. The number of carbonyl (C=O) groups excluding carboxylic acids is 1. The van der Waals surface area contributed by atoms with Crippen LogP contribution < -0.4 is 10.1 Å². The van der Waals surface area contributed by atoms with Gasteiger partial charge in [0.2, 0.25) is 0 Å². The number of methoxy groups -OCH3 is 1. The van der Waals surface area contributed by atoms with E-state index in [9.17, 15) is 4.79 Å². The number of hydrogen-bond donors (Lipinski definition) is 1. The van der Waals surface area contributed by atoms with Crippen LogP contribution in [0.5, 0.6) is 5.75 Å². The van der Waals surface area contributed by atoms with Gasteiger partial charge in [0, 0.05) is 16.7 Å². The van der Waals surface area contributed by atoms with Crippen molar-refractivity contribution in [3.8, 4) is 5.75 Å². The molecular formula is C21H25NO2S. The van der Waals surface area contributed by atoms with Gasteiger partial charge in [-0.2, -0.15) is 0 Å². The zero-order valence-electron chi connectivity index (χ0n) is 14.8. The van der Waals surface area contributed by atoms with Crippen LogP contribution in [0.3, 0.4) is 0 Å². The van der Waals surface area contributed by atoms with Crippen molar-refractivity contribution in [3.05, 3.63) is 59.2 Å². The minimum atomic E-state index is 0.114. The van der Waals surface area contributed by atoms with Gasteiger partial charge in [-0.3, -0.25) is 4.79 Å². The molecule has 1 aliphatic rings. The van der Waals surface area contributed by atoms with Gasteiger partial charge in [-0.1, -0.05) is 50.1 Å². The number of carbonyl (C=O) groups is 1. The summed E-state index contributed by atoms with van der Waals surface area (Å²) in [5.41, 5.74) is 3.05. The Labute approximate surface area is 154 Å². The molecule has 4 heteroatoms. The highest BCUT2D eigenvalue weighted by molar-refractivity contribution is 7.99. The first-order chi connectivity index (χ1) is 12.3. The summed E-state index contributed by atoms with van der Waals surface area (Å²) in [6, 6.07) is 15.1. The Hall–Kier alpha value is -1.78. The maximum absolute atomic E-state index is 11.4. The van der Waals surface area contributed by atoms with Crippen molar-refractivity contribution in [2.75, 3.05) is 12.9 Å². The lowest BCUT2D eigenvalue weighted by atomic mass is 9.96. The molecule has 0 fully saturated rings. The molecular weight excluding hydrogens is 330 g/mol. The normalized spacial score (nSPS) is 19.8. The van der Waals surface area contributed by atoms with Gasteiger partial charge in [-0.05, 0) is 29.7 Å². The van der Waals surface area contributed by atoms with E-state index in [1.54, 1.807) is 7.11 Å². The SMILES string of the molecule is CCCCC1CSc2cc(C=O)c(OC)cc2[C@@H](c2ccccc2)N1. The third-order valence-corrected chi connectivity index (χ3v) is 5.92. The molecule has 1 aliphatic heterocycles. The molecule has 0 amide bonds. The van der Waals surface area contributed by atoms with Crippen molar-refractivity contribution < 1.29 is 9.53 Å². The second kappa shape index (κ2) is 8.54. The molecule has 2 aromatic carbocycles. The first kappa shape index (κ1) is 18.0. The van der Waals surface area contributed by atoms with Crippen LogP contribution in [0.2, 0.25) is 0 Å². The third-order valence-electron chi connectivity index (χ3n) is 4.68. The number of unbranched alkanes of at least 4 members (excludes halogenated alkanes) is 1. The molecule has 1 unspecified atom stereocenters. The predicted molar refractivity (Wildman–Crippen MR) is 104 cm³/mol. The third kappa shape index (κ3) is 4.07. The van der Waals surface area contributed by atoms with E-state index in [4.69, 9.17) is 4.74 Å². The molecule has 25 heavy (non-hydrogen) atoms. The van der Waals surface area contributed by atoms with Gasteiger partial charge in [0.1, 0.15) is 5.75 Å². The van der Waals surface area contributed by atoms with E-state index in [0.717, 1.165) is 12.0 Å². The Morgan fingerprint density at radius 1 is 1.28 bits per heavy atom. The van der Waals surface area contributed by atoms with Crippen LogP contribution >= 0.6 is 11.8 Å². The van der Waals surface area contributed by atoms with Crippen molar-refractivity contribution in [2.24, 2.45) is 0 Å². The van der Waals surface area contributed by atoms with E-state index in [0.29, 0.717) is 17.4 Å². The van der Waals surface area contributed by atoms with Crippen molar-refractivity contribution in [2.45, 2.75) is 43.2 Å². The standard InChI is InChI=1S/C21H25NO2S/c1-3-4-10-17-14-25-20-11-16(13-23)19(24-2)12-18(20)21(22-17)15-8-6-5-7-9-15/h5-9,11-13,17,21-22H,3-4,10,14H2,1-2H3/t17?,21-/m1/s1. The highest BCUT2D eigenvalue weighted by Gasteiger charge is 2.26. The Morgan fingerprint density at radius 3 is 2.76 bits per heavy atom. The number of hydrogen-bond acceptors (Lipinski definition) is 4. The van der Waals surface area contributed by atoms with Gasteiger partial charge >= 0.3 is 0 Å². The van der Waals surface area contributed by atoms with Crippen LogP contribution in [0.15, 0.2) is 47.4 Å². The molecule has 0 saturated heterocycles. The molecule has 0 radical (unpaired) electrons. The van der Waals surface area contributed by atoms with Crippen LogP contribution in [0, 0.1) is 0 Å². The molecule has 2 aromatic rings. The number of ether oxygens (including phenoxy) is 1. The van der Waals surface area contributed by atoms with Gasteiger partial charge < -0.3 is 10.1 Å². The molecule has 1 heterocycles. The quantitative estimate of drug-likeness (QED) is 0.752. The average Bonchev–Trinajstić information content (AvgIpc) is 2.85. The molecule has 0 aromatic heterocycles. The van der Waals surface area contributed by atoms with E-state index in [1.807, 2.05) is 30.0 Å². The molecule has 3 rings (SSSR count). The maximum Gasteiger partial charge on any atom is 0.153 e. The fourth-order valence-corrected chi connectivity index (χ4v) is 4.51. The fourth-order valence-electron chi connectivity index (χ4n) is 3.31. The smallest absolute Gasteiger partial charge is 0.153 e. The van der Waals surface area contributed by atoms with Crippen molar-refractivity contribution in [1.29, 1.82) is 0 Å². The van der Waals surface area contributed by atoms with Crippen molar-refractivity contribution >= 4 is 18.0 Å². The number of thioether (sulfide) groups is 1. The highest BCUT2D eigenvalue weighted by Crippen LogP contribution is 2.39. The number of aldehydes is 1. The first-order valence-corrected chi connectivity index (χ1v) is 9.86. The Kier molecular flexibility index (Phi) is 6.16. The number of rotatable bonds is 6. The minimum absolute atomic E-state index is 0.114. The zero-order valence-corrected chi connectivity index (χ0v) is 15.6. The van der Waals surface area contributed by atoms with E-state index in [-0.39, 0.29) is 6.04 Å². The monoisotopic (exact) mass is 355 g/mol. The van der Waals surface area contributed by atoms with E-state index in [1.165, 1.54) is 35.3 Å². The number of benzene rings is 2. The van der Waals surface area contributed by atoms with Gasteiger partial charge in [0.25, 0.3) is 0 Å². The molecule has 0 bridgehead atoms. The van der Waals surface area contributed by atoms with Gasteiger partial charge in [0.15, 0.2) is 6.29 Å². The summed E-state index contributed by atoms with van der Waals surface area (Å²) in [6.45, 7) is 2.23. The summed E-state index contributed by atoms with van der Waals surface area (Å²) in [5.74, 6) is 1.66. The van der Waals surface area contributed by atoms with Crippen molar-refractivity contribution in [1.82, 2.24) is 5.32 Å². The molecule has 3 nitrogen and oxygen atoms in total. The van der Waals surface area contributed by atoms with Crippen LogP contribution in [-0.2, 0) is 0 Å². The summed E-state index contributed by atoms with van der Waals surface area (Å²) < 4.78 is 5.45. The summed E-state index contributed by atoms with van der Waals surface area (Å²) in [7, 11) is 1.62. The summed E-state index contributed by atoms with van der Waals surface area (Å²) in [6.07, 6.45) is 4.47. The van der Waals surface area contributed by atoms with Gasteiger partial charge in [-0.25, -0.2) is 0 Å². The van der Waals surface area contributed by atoms with Crippen LogP contribution in [-0.4, -0.2) is 25.2 Å². The largest absolute Gasteiger partial charge is 0.496 e. The Bertz CT molecular complexity index is 717. The summed E-state index contributed by atoms with van der Waals surface area (Å²) >= 11 is 1.84. The lowest BCUT2D eigenvalue weighted by Gasteiger charge is -2.24. The molecule has 132 valence electrons. The van der Waals surface area contributed by atoms with Crippen molar-refractivity contribution in [3.63, 3.8) is 0 Å². The Morgan fingerprint density at radius 2 is 2.08 bits per heavy atom. The maximum atomic E-state index is 11.4. The van der Waals surface area contributed by atoms with E-state index >= 15 is 0 Å². The lowest BCUT2D eigenvalue weighted by molar-refractivity contribution is 0.112. The second-order valence-corrected chi connectivity index (χ2v) is 7.47. The molecule has 2 atom stereocenters. The molecule has 1 N–H and O–H groups in total. The van der Waals surface area contributed by atoms with Crippen LogP contribution in [0.25, 0.3) is 0 Å². The second-order valence-electron chi connectivity index (χ2n) is 6.41. The minimum Gasteiger partial charge on any atom is -0.496 e. The summed E-state index contributed by atoms with van der Waals surface area (Å²) in [5, 5.41) is 3.85. The van der Waals surface area contributed by atoms with E-state index < -0.39 is 0 Å². The predicted octanol–water partition coefficient (Wildman–Crippen LogP) is 4.85. The first-order valence-electron chi connectivity index (χ1n) is 8.87. The van der Waals surface area contributed by atoms with Gasteiger partial charge in [-0.15, -0.1) is 11.8 Å². The van der Waals surface area contributed by atoms with Gasteiger partial charge in [0.05, 0.1) is 18.7 Å². The molecule has 0 aliphatic carbocycles. The topological polar surface area (TPSA) is 38.3 Å². The molecule has 0 saturated carbocycles. The van der Waals surface area contributed by atoms with E-state index in [2.05, 4.69) is 36.5 Å². The lowest BCUT2D eigenvalue weighted by Crippen LogP contribution is -2.34. The van der Waals surface area contributed by atoms with Crippen LogP contribution in [0.4, 0.5) is 0 Å². The number of nitrogens with one attached hydrogen (secondary N) is 1. The molecule has 0 spiro atoms. The zero-order chi connectivity index (χ0) is 17.6. The highest BCUT2D eigenvalue weighted by atomic mass is 32.2. The fraction of sp³-hybridized carbons (Fsp3) is 0.381.